The molecule has 7 nitrogen and oxygen atoms in total. The molecule has 1 aliphatic rings. The van der Waals surface area contributed by atoms with Gasteiger partial charge >= 0.3 is 0 Å². The van der Waals surface area contributed by atoms with Gasteiger partial charge in [0.05, 0.1) is 4.90 Å². The van der Waals surface area contributed by atoms with E-state index in [1.165, 1.54) is 0 Å². The second-order valence-corrected chi connectivity index (χ2v) is 8.07. The predicted octanol–water partition coefficient (Wildman–Crippen LogP) is 2.14. The minimum atomic E-state index is -3.13. The van der Waals surface area contributed by atoms with E-state index in [9.17, 15) is 13.9 Å². The number of fused-ring (bicyclic) bond motifs is 1. The summed E-state index contributed by atoms with van der Waals surface area (Å²) in [6.45, 7) is 2.36. The molecule has 0 saturated carbocycles. The van der Waals surface area contributed by atoms with E-state index >= 15 is 0 Å². The summed E-state index contributed by atoms with van der Waals surface area (Å²) in [5.74, 6) is 0.0251. The molecule has 2 heterocycles. The number of rotatable bonds is 4. The van der Waals surface area contributed by atoms with Crippen LogP contribution in [0.3, 0.4) is 0 Å². The lowest BCUT2D eigenvalue weighted by Crippen LogP contribution is -2.36. The molecule has 8 heteroatoms. The van der Waals surface area contributed by atoms with Gasteiger partial charge in [0.15, 0.2) is 0 Å². The molecule has 0 radical (unpaired) electrons. The number of nitrogens with zero attached hydrogens (tertiary/aromatic N) is 3. The van der Waals surface area contributed by atoms with E-state index in [0.29, 0.717) is 50.5 Å². The van der Waals surface area contributed by atoms with Crippen molar-refractivity contribution in [3.63, 3.8) is 0 Å². The lowest BCUT2D eigenvalue weighted by atomic mass is 10.2. The number of carbonyl (C=O) groups excluding carboxylic acids is 1. The van der Waals surface area contributed by atoms with Gasteiger partial charge in [-0.25, -0.2) is 4.31 Å². The maximum Gasteiger partial charge on any atom is 0.223 e. The molecule has 1 saturated heterocycles. The Morgan fingerprint density at radius 1 is 1.20 bits per heavy atom. The Hall–Kier alpha value is -1.71. The summed E-state index contributed by atoms with van der Waals surface area (Å²) in [6, 6.07) is 7.26. The van der Waals surface area contributed by atoms with E-state index in [1.807, 2.05) is 12.1 Å². The van der Waals surface area contributed by atoms with Crippen molar-refractivity contribution < 1.29 is 13.9 Å². The molecule has 4 N–H and O–H groups in total. The minimum Gasteiger partial charge on any atom is -0.341 e. The Bertz CT molecular complexity index is 750. The SMILES string of the molecule is NCCC(=O)N1CCCN(S(O)(O)c2cccc3cnccc23)CC1. The Balaban J connectivity index is 1.83. The van der Waals surface area contributed by atoms with Crippen LogP contribution in [0.15, 0.2) is 41.6 Å². The highest BCUT2D eigenvalue weighted by Gasteiger charge is 2.29. The maximum atomic E-state index is 12.1. The number of benzene rings is 1. The first-order chi connectivity index (χ1) is 12.0. The van der Waals surface area contributed by atoms with Crippen molar-refractivity contribution in [2.45, 2.75) is 17.7 Å². The van der Waals surface area contributed by atoms with Crippen molar-refractivity contribution >= 4 is 27.5 Å². The third-order valence-electron chi connectivity index (χ3n) is 4.46. The first kappa shape index (κ1) is 18.1. The molecule has 1 amide bonds. The number of hydrogen-bond acceptors (Lipinski definition) is 6. The Kier molecular flexibility index (Phi) is 5.55. The number of carbonyl (C=O) groups is 1. The van der Waals surface area contributed by atoms with Gasteiger partial charge in [-0.15, -0.1) is 10.8 Å². The molecule has 3 rings (SSSR count). The van der Waals surface area contributed by atoms with E-state index in [1.54, 1.807) is 33.7 Å². The molecule has 1 aliphatic heterocycles. The zero-order valence-electron chi connectivity index (χ0n) is 14.0. The van der Waals surface area contributed by atoms with Crippen LogP contribution in [0.5, 0.6) is 0 Å². The van der Waals surface area contributed by atoms with Gasteiger partial charge in [0.25, 0.3) is 0 Å². The van der Waals surface area contributed by atoms with Crippen LogP contribution in [-0.4, -0.2) is 61.9 Å². The van der Waals surface area contributed by atoms with Gasteiger partial charge in [-0.2, -0.15) is 0 Å². The number of amides is 1. The molecule has 0 unspecified atom stereocenters. The Labute approximate surface area is 148 Å². The number of hydrogen-bond donors (Lipinski definition) is 3. The fourth-order valence-electron chi connectivity index (χ4n) is 3.15. The smallest absolute Gasteiger partial charge is 0.223 e. The monoisotopic (exact) mass is 364 g/mol. The van der Waals surface area contributed by atoms with E-state index < -0.39 is 10.8 Å². The molecule has 1 fully saturated rings. The van der Waals surface area contributed by atoms with Crippen LogP contribution in [0.1, 0.15) is 12.8 Å². The van der Waals surface area contributed by atoms with Crippen LogP contribution in [0.25, 0.3) is 10.8 Å². The van der Waals surface area contributed by atoms with Crippen molar-refractivity contribution in [1.82, 2.24) is 14.2 Å². The Morgan fingerprint density at radius 3 is 2.84 bits per heavy atom. The molecule has 1 aromatic carbocycles. The first-order valence-corrected chi connectivity index (χ1v) is 9.88. The van der Waals surface area contributed by atoms with Crippen LogP contribution in [0.4, 0.5) is 0 Å². The van der Waals surface area contributed by atoms with Gasteiger partial charge < -0.3 is 10.6 Å². The molecular weight excluding hydrogens is 340 g/mol. The summed E-state index contributed by atoms with van der Waals surface area (Å²) in [5, 5.41) is 1.66. The highest BCUT2D eigenvalue weighted by Crippen LogP contribution is 2.54. The molecule has 25 heavy (non-hydrogen) atoms. The van der Waals surface area contributed by atoms with Crippen molar-refractivity contribution in [3.8, 4) is 0 Å². The summed E-state index contributed by atoms with van der Waals surface area (Å²) in [6.07, 6.45) is 4.38. The van der Waals surface area contributed by atoms with Crippen LogP contribution in [0.2, 0.25) is 0 Å². The molecule has 136 valence electrons. The first-order valence-electron chi connectivity index (χ1n) is 8.38. The summed E-state index contributed by atoms with van der Waals surface area (Å²) < 4.78 is 23.7. The fraction of sp³-hybridized carbons (Fsp3) is 0.412. The number of aromatic nitrogens is 1. The van der Waals surface area contributed by atoms with Crippen molar-refractivity contribution in [2.24, 2.45) is 5.73 Å². The lowest BCUT2D eigenvalue weighted by molar-refractivity contribution is -0.130. The summed E-state index contributed by atoms with van der Waals surface area (Å²) in [5.41, 5.74) is 5.46. The summed E-state index contributed by atoms with van der Waals surface area (Å²) in [7, 11) is -3.13. The standard InChI is InChI=1S/C17H24N4O3S/c18-7-5-17(22)20-9-2-10-21(12-11-20)25(23,24)16-4-1-3-14-13-19-8-6-15(14)16/h1,3-4,6,8,13,23-24H,2,5,7,9-12,18H2. The molecule has 0 aliphatic carbocycles. The number of pyridine rings is 1. The Morgan fingerprint density at radius 2 is 2.04 bits per heavy atom. The maximum absolute atomic E-state index is 12.1. The van der Waals surface area contributed by atoms with Crippen molar-refractivity contribution in [2.75, 3.05) is 32.7 Å². The van der Waals surface area contributed by atoms with E-state index in [4.69, 9.17) is 5.73 Å². The second-order valence-electron chi connectivity index (χ2n) is 6.07. The normalized spacial score (nSPS) is 17.5. The largest absolute Gasteiger partial charge is 0.341 e. The van der Waals surface area contributed by atoms with Crippen LogP contribution >= 0.6 is 10.8 Å². The second kappa shape index (κ2) is 7.67. The zero-order valence-corrected chi connectivity index (χ0v) is 14.9. The van der Waals surface area contributed by atoms with E-state index in [0.717, 1.165) is 10.8 Å². The highest BCUT2D eigenvalue weighted by atomic mass is 32.3. The average molecular weight is 364 g/mol. The van der Waals surface area contributed by atoms with Gasteiger partial charge in [0.1, 0.15) is 0 Å². The minimum absolute atomic E-state index is 0.0251. The van der Waals surface area contributed by atoms with Gasteiger partial charge in [0, 0.05) is 62.3 Å². The topological polar surface area (TPSA) is 103 Å². The third kappa shape index (κ3) is 3.78. The van der Waals surface area contributed by atoms with Crippen LogP contribution < -0.4 is 5.73 Å². The van der Waals surface area contributed by atoms with E-state index in [-0.39, 0.29) is 5.91 Å². The van der Waals surface area contributed by atoms with Crippen molar-refractivity contribution in [1.29, 1.82) is 0 Å². The van der Waals surface area contributed by atoms with Crippen LogP contribution in [-0.2, 0) is 4.79 Å². The molecular formula is C17H24N4O3S. The number of nitrogens with two attached hydrogens (primary N) is 1. The highest BCUT2D eigenvalue weighted by molar-refractivity contribution is 8.22. The average Bonchev–Trinajstić information content (AvgIpc) is 2.88. The van der Waals surface area contributed by atoms with Crippen LogP contribution in [0, 0.1) is 0 Å². The molecule has 0 spiro atoms. The summed E-state index contributed by atoms with van der Waals surface area (Å²) >= 11 is 0. The van der Waals surface area contributed by atoms with Gasteiger partial charge in [0.2, 0.25) is 5.91 Å². The van der Waals surface area contributed by atoms with Crippen molar-refractivity contribution in [3.05, 3.63) is 36.7 Å². The van der Waals surface area contributed by atoms with E-state index in [2.05, 4.69) is 4.98 Å². The molecule has 2 aromatic rings. The van der Waals surface area contributed by atoms with Gasteiger partial charge in [-0.1, -0.05) is 12.1 Å². The zero-order chi connectivity index (χ0) is 17.9. The molecule has 1 aromatic heterocycles. The molecule has 0 atom stereocenters. The van der Waals surface area contributed by atoms with Gasteiger partial charge in [-0.3, -0.25) is 18.9 Å². The lowest BCUT2D eigenvalue weighted by Gasteiger charge is -2.43. The predicted molar refractivity (Wildman–Crippen MR) is 99.3 cm³/mol. The summed E-state index contributed by atoms with van der Waals surface area (Å²) in [4.78, 5) is 18.4. The third-order valence-corrected chi connectivity index (χ3v) is 6.49. The molecule has 0 bridgehead atoms. The quantitative estimate of drug-likeness (QED) is 0.768. The fourth-order valence-corrected chi connectivity index (χ4v) is 4.89. The van der Waals surface area contributed by atoms with Gasteiger partial charge in [-0.05, 0) is 18.6 Å².